The summed E-state index contributed by atoms with van der Waals surface area (Å²) in [4.78, 5) is 0. The van der Waals surface area contributed by atoms with E-state index in [4.69, 9.17) is 11.6 Å². The average molecular weight is 245 g/mol. The highest BCUT2D eigenvalue weighted by atomic mass is 35.5. The lowest BCUT2D eigenvalue weighted by Gasteiger charge is -2.21. The molecule has 2 rings (SSSR count). The predicted molar refractivity (Wildman–Crippen MR) is 75.6 cm³/mol. The van der Waals surface area contributed by atoms with E-state index in [1.165, 1.54) is 16.7 Å². The van der Waals surface area contributed by atoms with Crippen LogP contribution in [0.1, 0.15) is 26.3 Å². The van der Waals surface area contributed by atoms with E-state index in [0.717, 1.165) is 5.02 Å². The van der Waals surface area contributed by atoms with Gasteiger partial charge in [-0.05, 0) is 34.2 Å². The molecule has 2 aromatic carbocycles. The second-order valence-corrected chi connectivity index (χ2v) is 5.72. The predicted octanol–water partition coefficient (Wildman–Crippen LogP) is 5.30. The smallest absolute Gasteiger partial charge is 0.0443 e. The summed E-state index contributed by atoms with van der Waals surface area (Å²) in [6.07, 6.45) is 0. The fourth-order valence-corrected chi connectivity index (χ4v) is 2.31. The standard InChI is InChI=1S/C16H17Cl/c1-16(2,3)14-11-13(9-10-15(14)17)12-7-5-4-6-8-12/h4-11H,1-3H3. The molecule has 2 aromatic rings. The van der Waals surface area contributed by atoms with Crippen molar-refractivity contribution in [3.8, 4) is 11.1 Å². The third-order valence-corrected chi connectivity index (χ3v) is 3.21. The van der Waals surface area contributed by atoms with Gasteiger partial charge in [-0.2, -0.15) is 0 Å². The zero-order chi connectivity index (χ0) is 12.5. The molecule has 0 N–H and O–H groups in total. The number of halogens is 1. The fourth-order valence-electron chi connectivity index (χ4n) is 1.91. The molecule has 0 saturated carbocycles. The Labute approximate surface area is 108 Å². The first kappa shape index (κ1) is 12.2. The molecule has 0 aliphatic rings. The maximum atomic E-state index is 6.27. The van der Waals surface area contributed by atoms with Crippen LogP contribution in [0.4, 0.5) is 0 Å². The van der Waals surface area contributed by atoms with Crippen LogP contribution in [0.25, 0.3) is 11.1 Å². The van der Waals surface area contributed by atoms with E-state index in [1.807, 2.05) is 12.1 Å². The van der Waals surface area contributed by atoms with Crippen molar-refractivity contribution in [1.29, 1.82) is 0 Å². The molecule has 17 heavy (non-hydrogen) atoms. The highest BCUT2D eigenvalue weighted by molar-refractivity contribution is 6.31. The van der Waals surface area contributed by atoms with Crippen LogP contribution in [0.2, 0.25) is 5.02 Å². The van der Waals surface area contributed by atoms with E-state index in [0.29, 0.717) is 0 Å². The van der Waals surface area contributed by atoms with Crippen molar-refractivity contribution < 1.29 is 0 Å². The van der Waals surface area contributed by atoms with E-state index in [-0.39, 0.29) is 5.41 Å². The minimum absolute atomic E-state index is 0.0713. The number of hydrogen-bond donors (Lipinski definition) is 0. The molecule has 0 aromatic heterocycles. The van der Waals surface area contributed by atoms with Gasteiger partial charge < -0.3 is 0 Å². The van der Waals surface area contributed by atoms with Crippen LogP contribution in [0.5, 0.6) is 0 Å². The van der Waals surface area contributed by atoms with Crippen molar-refractivity contribution in [1.82, 2.24) is 0 Å². The maximum absolute atomic E-state index is 6.27. The second-order valence-electron chi connectivity index (χ2n) is 5.31. The van der Waals surface area contributed by atoms with E-state index in [2.05, 4.69) is 57.2 Å². The van der Waals surface area contributed by atoms with Crippen LogP contribution in [0, 0.1) is 0 Å². The Morgan fingerprint density at radius 2 is 1.47 bits per heavy atom. The van der Waals surface area contributed by atoms with Gasteiger partial charge in [0, 0.05) is 5.02 Å². The normalized spacial score (nSPS) is 11.5. The van der Waals surface area contributed by atoms with Crippen LogP contribution in [-0.2, 0) is 5.41 Å². The van der Waals surface area contributed by atoms with Gasteiger partial charge in [0.05, 0.1) is 0 Å². The largest absolute Gasteiger partial charge is 0.0840 e. The molecule has 1 heteroatoms. The molecular formula is C16H17Cl. The van der Waals surface area contributed by atoms with E-state index in [1.54, 1.807) is 0 Å². The monoisotopic (exact) mass is 244 g/mol. The Morgan fingerprint density at radius 1 is 0.824 bits per heavy atom. The minimum Gasteiger partial charge on any atom is -0.0840 e. The summed E-state index contributed by atoms with van der Waals surface area (Å²) >= 11 is 6.27. The molecule has 0 amide bonds. The fraction of sp³-hybridized carbons (Fsp3) is 0.250. The lowest BCUT2D eigenvalue weighted by Crippen LogP contribution is -2.11. The Balaban J connectivity index is 2.53. The van der Waals surface area contributed by atoms with Crippen LogP contribution in [0.15, 0.2) is 48.5 Å². The van der Waals surface area contributed by atoms with Gasteiger partial charge in [0.25, 0.3) is 0 Å². The molecule has 0 aliphatic heterocycles. The Hall–Kier alpha value is -1.27. The van der Waals surface area contributed by atoms with E-state index < -0.39 is 0 Å². The first-order valence-corrected chi connectivity index (χ1v) is 6.22. The minimum atomic E-state index is 0.0713. The van der Waals surface area contributed by atoms with E-state index >= 15 is 0 Å². The molecule has 0 aliphatic carbocycles. The van der Waals surface area contributed by atoms with Gasteiger partial charge in [0.2, 0.25) is 0 Å². The molecule has 0 saturated heterocycles. The highest BCUT2D eigenvalue weighted by Gasteiger charge is 2.17. The van der Waals surface area contributed by atoms with Gasteiger partial charge >= 0.3 is 0 Å². The summed E-state index contributed by atoms with van der Waals surface area (Å²) in [5.41, 5.74) is 3.72. The van der Waals surface area contributed by atoms with Gasteiger partial charge in [0.15, 0.2) is 0 Å². The van der Waals surface area contributed by atoms with Crippen LogP contribution < -0.4 is 0 Å². The van der Waals surface area contributed by atoms with Gasteiger partial charge in [-0.1, -0.05) is 68.8 Å². The average Bonchev–Trinajstić information content (AvgIpc) is 2.29. The highest BCUT2D eigenvalue weighted by Crippen LogP contribution is 2.33. The molecule has 0 heterocycles. The van der Waals surface area contributed by atoms with Gasteiger partial charge in [-0.15, -0.1) is 0 Å². The number of rotatable bonds is 1. The van der Waals surface area contributed by atoms with Crippen molar-refractivity contribution >= 4 is 11.6 Å². The summed E-state index contributed by atoms with van der Waals surface area (Å²) in [5.74, 6) is 0. The molecule has 0 atom stereocenters. The Morgan fingerprint density at radius 3 is 2.06 bits per heavy atom. The number of hydrogen-bond acceptors (Lipinski definition) is 0. The Bertz CT molecular complexity index is 507. The molecular weight excluding hydrogens is 228 g/mol. The lowest BCUT2D eigenvalue weighted by molar-refractivity contribution is 0.591. The van der Waals surface area contributed by atoms with Gasteiger partial charge in [0.1, 0.15) is 0 Å². The molecule has 0 radical (unpaired) electrons. The second kappa shape index (κ2) is 4.54. The quantitative estimate of drug-likeness (QED) is 0.638. The van der Waals surface area contributed by atoms with Crippen molar-refractivity contribution in [3.05, 3.63) is 59.1 Å². The third kappa shape index (κ3) is 2.70. The molecule has 88 valence electrons. The zero-order valence-electron chi connectivity index (χ0n) is 10.5. The topological polar surface area (TPSA) is 0 Å². The molecule has 0 nitrogen and oxygen atoms in total. The first-order chi connectivity index (χ1) is 7.98. The summed E-state index contributed by atoms with van der Waals surface area (Å²) < 4.78 is 0. The van der Waals surface area contributed by atoms with Crippen molar-refractivity contribution in [2.24, 2.45) is 0 Å². The summed E-state index contributed by atoms with van der Waals surface area (Å²) in [6.45, 7) is 6.55. The van der Waals surface area contributed by atoms with Crippen molar-refractivity contribution in [2.45, 2.75) is 26.2 Å². The van der Waals surface area contributed by atoms with Crippen molar-refractivity contribution in [3.63, 3.8) is 0 Å². The maximum Gasteiger partial charge on any atom is 0.0443 e. The van der Waals surface area contributed by atoms with Crippen LogP contribution in [0.3, 0.4) is 0 Å². The molecule has 0 bridgehead atoms. The molecule has 0 spiro atoms. The van der Waals surface area contributed by atoms with Crippen LogP contribution in [-0.4, -0.2) is 0 Å². The molecule has 0 unspecified atom stereocenters. The Kier molecular flexibility index (Phi) is 3.26. The summed E-state index contributed by atoms with van der Waals surface area (Å²) in [7, 11) is 0. The van der Waals surface area contributed by atoms with Crippen LogP contribution >= 0.6 is 11.6 Å². The zero-order valence-corrected chi connectivity index (χ0v) is 11.3. The van der Waals surface area contributed by atoms with Gasteiger partial charge in [-0.25, -0.2) is 0 Å². The van der Waals surface area contributed by atoms with Crippen molar-refractivity contribution in [2.75, 3.05) is 0 Å². The number of benzene rings is 2. The van der Waals surface area contributed by atoms with Gasteiger partial charge in [-0.3, -0.25) is 0 Å². The van der Waals surface area contributed by atoms with E-state index in [9.17, 15) is 0 Å². The molecule has 0 fully saturated rings. The SMILES string of the molecule is CC(C)(C)c1cc(-c2ccccc2)ccc1Cl. The summed E-state index contributed by atoms with van der Waals surface area (Å²) in [6, 6.07) is 16.6. The lowest BCUT2D eigenvalue weighted by atomic mass is 9.85. The summed E-state index contributed by atoms with van der Waals surface area (Å²) in [5, 5.41) is 0.845. The third-order valence-electron chi connectivity index (χ3n) is 2.88. The first-order valence-electron chi connectivity index (χ1n) is 5.84.